The zero-order valence-electron chi connectivity index (χ0n) is 19.3. The largest absolute Gasteiger partial charge is 0.488 e. The van der Waals surface area contributed by atoms with Crippen molar-refractivity contribution in [2.45, 2.75) is 49.0 Å². The number of pyridine rings is 1. The summed E-state index contributed by atoms with van der Waals surface area (Å²) in [6.45, 7) is -0.104. The van der Waals surface area contributed by atoms with E-state index in [-0.39, 0.29) is 37.0 Å². The van der Waals surface area contributed by atoms with Crippen LogP contribution in [-0.2, 0) is 20.5 Å². The minimum Gasteiger partial charge on any atom is -0.488 e. The molecule has 1 aromatic heterocycles. The van der Waals surface area contributed by atoms with Crippen LogP contribution >= 0.6 is 12.6 Å². The van der Waals surface area contributed by atoms with Crippen LogP contribution in [0.3, 0.4) is 0 Å². The van der Waals surface area contributed by atoms with Crippen LogP contribution in [0.2, 0.25) is 0 Å². The number of amides is 1. The number of carbonyl (C=O) groups excluding carboxylic acids is 2. The van der Waals surface area contributed by atoms with E-state index >= 15 is 0 Å². The summed E-state index contributed by atoms with van der Waals surface area (Å²) in [5.74, 6) is -0.447. The molecule has 1 saturated heterocycles. The Balaban J connectivity index is 1.52. The number of hydrogen-bond donors (Lipinski definition) is 2. The third-order valence-corrected chi connectivity index (χ3v) is 7.39. The number of thiol groups is 1. The van der Waals surface area contributed by atoms with E-state index in [2.05, 4.69) is 17.6 Å². The number of allylic oxidation sites excluding steroid dienone is 1. The molecule has 1 N–H and O–H groups in total. The number of hydrogen-bond acceptors (Lipinski definition) is 8. The first-order valence-electron chi connectivity index (χ1n) is 11.5. The monoisotopic (exact) mass is 530 g/mol. The van der Waals surface area contributed by atoms with E-state index in [4.69, 9.17) is 10.00 Å². The Hall–Kier alpha value is -3.56. The molecule has 3 aliphatic rings. The number of anilines is 2. The summed E-state index contributed by atoms with van der Waals surface area (Å²) >= 11 is 4.55. The Morgan fingerprint density at radius 1 is 1.24 bits per heavy atom. The fourth-order valence-electron chi connectivity index (χ4n) is 4.95. The standard InChI is InChI=1S/C25H21F3N4O4S/c26-25(27,28)18-10-16(12-30-19(18)11-29)31-22(35)24(9-8-21(24)34)32(23(31)37)15-6-4-14(5-7-15)20-3-1-2-17(13-33)36-20/h3-7,10,12,17,23,33,37H,1-2,8-9,13H2. The molecular formula is C25H21F3N4O4S. The maximum Gasteiger partial charge on any atom is 0.419 e. The van der Waals surface area contributed by atoms with Crippen molar-refractivity contribution < 1.29 is 32.6 Å². The van der Waals surface area contributed by atoms with Gasteiger partial charge >= 0.3 is 6.18 Å². The van der Waals surface area contributed by atoms with Crippen molar-refractivity contribution in [1.82, 2.24) is 4.98 Å². The van der Waals surface area contributed by atoms with E-state index in [1.807, 2.05) is 6.08 Å². The first-order chi connectivity index (χ1) is 17.6. The normalized spacial score (nSPS) is 25.6. The molecule has 3 atom stereocenters. The van der Waals surface area contributed by atoms with Crippen LogP contribution in [0.1, 0.15) is 42.5 Å². The SMILES string of the molecule is N#Cc1ncc(N2C(=O)C3(CCC3=O)N(c3ccc(C4=CCCC(CO)O4)cc3)C2S)cc1C(F)(F)F. The average Bonchev–Trinajstić information content (AvgIpc) is 3.15. The highest BCUT2D eigenvalue weighted by Crippen LogP contribution is 2.48. The number of benzene rings is 1. The van der Waals surface area contributed by atoms with Crippen LogP contribution in [0.25, 0.3) is 5.76 Å². The highest BCUT2D eigenvalue weighted by atomic mass is 32.1. The molecule has 0 radical (unpaired) electrons. The summed E-state index contributed by atoms with van der Waals surface area (Å²) in [6, 6.07) is 8.96. The molecule has 192 valence electrons. The van der Waals surface area contributed by atoms with Gasteiger partial charge in [-0.1, -0.05) is 0 Å². The van der Waals surface area contributed by atoms with Crippen molar-refractivity contribution in [1.29, 1.82) is 5.26 Å². The number of aromatic nitrogens is 1. The third kappa shape index (κ3) is 3.93. The number of nitrogens with zero attached hydrogens (tertiary/aromatic N) is 4. The molecule has 0 bridgehead atoms. The Morgan fingerprint density at radius 2 is 1.97 bits per heavy atom. The lowest BCUT2D eigenvalue weighted by molar-refractivity contribution is -0.140. The van der Waals surface area contributed by atoms with Gasteiger partial charge in [0.1, 0.15) is 17.9 Å². The van der Waals surface area contributed by atoms with E-state index in [0.29, 0.717) is 23.9 Å². The van der Waals surface area contributed by atoms with Crippen molar-refractivity contribution in [2.75, 3.05) is 16.4 Å². The van der Waals surface area contributed by atoms with Gasteiger partial charge in [0.2, 0.25) is 0 Å². The summed E-state index contributed by atoms with van der Waals surface area (Å²) in [5.41, 5.74) is -3.81. The number of rotatable bonds is 4. The number of ketones is 1. The maximum absolute atomic E-state index is 13.6. The average molecular weight is 531 g/mol. The quantitative estimate of drug-likeness (QED) is 0.459. The van der Waals surface area contributed by atoms with Crippen LogP contribution in [0.15, 0.2) is 42.6 Å². The van der Waals surface area contributed by atoms with Crippen LogP contribution in [0.4, 0.5) is 24.5 Å². The van der Waals surface area contributed by atoms with Gasteiger partial charge < -0.3 is 14.7 Å². The Kier molecular flexibility index (Phi) is 6.16. The van der Waals surface area contributed by atoms with Crippen LogP contribution < -0.4 is 9.80 Å². The van der Waals surface area contributed by atoms with E-state index in [9.17, 15) is 27.9 Å². The zero-order chi connectivity index (χ0) is 26.5. The van der Waals surface area contributed by atoms with Gasteiger partial charge in [-0.3, -0.25) is 14.5 Å². The second-order valence-electron chi connectivity index (χ2n) is 8.99. The third-order valence-electron chi connectivity index (χ3n) is 6.93. The van der Waals surface area contributed by atoms with Crippen LogP contribution in [0.5, 0.6) is 0 Å². The molecule has 3 heterocycles. The van der Waals surface area contributed by atoms with Crippen molar-refractivity contribution in [2.24, 2.45) is 0 Å². The van der Waals surface area contributed by atoms with Gasteiger partial charge in [0.15, 0.2) is 22.5 Å². The molecule has 37 heavy (non-hydrogen) atoms. The van der Waals surface area contributed by atoms with E-state index in [0.717, 1.165) is 23.1 Å². The maximum atomic E-state index is 13.6. The Bertz CT molecular complexity index is 1340. The first-order valence-corrected chi connectivity index (χ1v) is 12.0. The van der Waals surface area contributed by atoms with E-state index in [1.165, 1.54) is 11.0 Å². The number of alkyl halides is 3. The van der Waals surface area contributed by atoms with Gasteiger partial charge in [-0.2, -0.15) is 18.4 Å². The number of aliphatic hydroxyl groups is 1. The van der Waals surface area contributed by atoms with Gasteiger partial charge in [0.05, 0.1) is 24.1 Å². The Labute approximate surface area is 215 Å². The van der Waals surface area contributed by atoms with Gasteiger partial charge in [-0.05, 0) is 55.7 Å². The number of halogens is 3. The number of aliphatic hydroxyl groups excluding tert-OH is 1. The lowest BCUT2D eigenvalue weighted by atomic mass is 9.73. The predicted octanol–water partition coefficient (Wildman–Crippen LogP) is 3.65. The number of ether oxygens (including phenoxy) is 1. The molecule has 12 heteroatoms. The van der Waals surface area contributed by atoms with Gasteiger partial charge in [-0.25, -0.2) is 4.98 Å². The number of carbonyl (C=O) groups is 2. The smallest absolute Gasteiger partial charge is 0.419 e. The highest BCUT2D eigenvalue weighted by Gasteiger charge is 2.65. The van der Waals surface area contributed by atoms with Gasteiger partial charge in [0.25, 0.3) is 5.91 Å². The van der Waals surface area contributed by atoms with Crippen molar-refractivity contribution in [3.8, 4) is 6.07 Å². The lowest BCUT2D eigenvalue weighted by Crippen LogP contribution is -2.62. The second-order valence-corrected chi connectivity index (χ2v) is 9.45. The van der Waals surface area contributed by atoms with Crippen molar-refractivity contribution in [3.63, 3.8) is 0 Å². The summed E-state index contributed by atoms with van der Waals surface area (Å²) in [7, 11) is 0. The second kappa shape index (κ2) is 9.08. The molecule has 8 nitrogen and oxygen atoms in total. The van der Waals surface area contributed by atoms with E-state index < -0.39 is 34.4 Å². The molecule has 1 aromatic carbocycles. The minimum absolute atomic E-state index is 0.104. The number of nitriles is 1. The summed E-state index contributed by atoms with van der Waals surface area (Å²) in [5, 5.41) is 18.5. The fourth-order valence-corrected chi connectivity index (χ4v) is 5.52. The number of Topliss-reactive ketones (excluding diaryl/α,β-unsaturated/α-hetero) is 1. The fraction of sp³-hybridized carbons (Fsp3) is 0.360. The minimum atomic E-state index is -4.87. The van der Waals surface area contributed by atoms with Gasteiger partial charge in [-0.15, -0.1) is 12.6 Å². The first kappa shape index (κ1) is 25.1. The van der Waals surface area contributed by atoms with Crippen molar-refractivity contribution in [3.05, 3.63) is 59.4 Å². The topological polar surface area (TPSA) is 107 Å². The molecule has 5 rings (SSSR count). The molecule has 1 saturated carbocycles. The predicted molar refractivity (Wildman–Crippen MR) is 129 cm³/mol. The summed E-state index contributed by atoms with van der Waals surface area (Å²) < 4.78 is 46.5. The Morgan fingerprint density at radius 3 is 2.54 bits per heavy atom. The lowest BCUT2D eigenvalue weighted by Gasteiger charge is -2.42. The molecule has 2 aromatic rings. The highest BCUT2D eigenvalue weighted by molar-refractivity contribution is 7.81. The molecular weight excluding hydrogens is 509 g/mol. The molecule has 1 amide bonds. The molecule has 2 aliphatic heterocycles. The summed E-state index contributed by atoms with van der Waals surface area (Å²) in [4.78, 5) is 32.6. The molecule has 1 aliphatic carbocycles. The molecule has 1 spiro atoms. The van der Waals surface area contributed by atoms with Crippen LogP contribution in [0, 0.1) is 11.3 Å². The van der Waals surface area contributed by atoms with Gasteiger partial charge in [0, 0.05) is 17.7 Å². The summed E-state index contributed by atoms with van der Waals surface area (Å²) in [6.07, 6.45) is -0.472. The van der Waals surface area contributed by atoms with E-state index in [1.54, 1.807) is 24.3 Å². The zero-order valence-corrected chi connectivity index (χ0v) is 20.2. The van der Waals surface area contributed by atoms with Crippen molar-refractivity contribution >= 4 is 41.5 Å². The molecule has 2 fully saturated rings. The van der Waals surface area contributed by atoms with Crippen LogP contribution in [-0.4, -0.2) is 45.5 Å². The molecule has 3 unspecified atom stereocenters.